The number of pyridine rings is 1. The zero-order valence-corrected chi connectivity index (χ0v) is 15.3. The quantitative estimate of drug-likeness (QED) is 0.354. The van der Waals surface area contributed by atoms with Gasteiger partial charge in [0.05, 0.1) is 13.2 Å². The minimum Gasteiger partial charge on any atom is -0.434 e. The molecule has 0 bridgehead atoms. The van der Waals surface area contributed by atoms with Gasteiger partial charge in [0.1, 0.15) is 13.2 Å². The highest BCUT2D eigenvalue weighted by Gasteiger charge is 2.12. The largest absolute Gasteiger partial charge is 0.508 e. The molecule has 0 N–H and O–H groups in total. The van der Waals surface area contributed by atoms with E-state index in [1.165, 1.54) is 6.20 Å². The van der Waals surface area contributed by atoms with Gasteiger partial charge in [-0.05, 0) is 19.8 Å². The van der Waals surface area contributed by atoms with E-state index in [1.807, 2.05) is 0 Å². The first-order valence-electron chi connectivity index (χ1n) is 8.39. The van der Waals surface area contributed by atoms with E-state index in [1.54, 1.807) is 6.92 Å². The van der Waals surface area contributed by atoms with Gasteiger partial charge in [0.15, 0.2) is 0 Å². The standard InChI is InChI=1S/C20H22NO6/c1-4-6-8-10-24-19(22)26-14-17-12-16(3)21-13-18(17)15-27-20(23)25-11-9-7-5-2/h1-2,13H,6-11,14-15H2,3H3. The van der Waals surface area contributed by atoms with Gasteiger partial charge in [-0.3, -0.25) is 4.98 Å². The van der Waals surface area contributed by atoms with Crippen LogP contribution in [0.15, 0.2) is 6.20 Å². The van der Waals surface area contributed by atoms with Crippen LogP contribution in [0, 0.1) is 37.7 Å². The van der Waals surface area contributed by atoms with Crippen LogP contribution in [-0.2, 0) is 32.2 Å². The van der Waals surface area contributed by atoms with Crippen LogP contribution in [0.1, 0.15) is 42.5 Å². The third-order valence-corrected chi connectivity index (χ3v) is 3.18. The fourth-order valence-electron chi connectivity index (χ4n) is 1.85. The first kappa shape index (κ1) is 21.9. The van der Waals surface area contributed by atoms with E-state index in [-0.39, 0.29) is 26.4 Å². The van der Waals surface area contributed by atoms with E-state index in [0.29, 0.717) is 42.5 Å². The SMILES string of the molecule is C#CCCCOC(=O)OCc1[c]c(C)ncc1COC(=O)OCCCC#C. The van der Waals surface area contributed by atoms with E-state index in [4.69, 9.17) is 31.8 Å². The summed E-state index contributed by atoms with van der Waals surface area (Å²) in [6, 6.07) is 2.97. The van der Waals surface area contributed by atoms with E-state index in [9.17, 15) is 9.59 Å². The molecule has 0 atom stereocenters. The summed E-state index contributed by atoms with van der Waals surface area (Å²) in [6.07, 6.45) is 12.3. The molecule has 7 heteroatoms. The van der Waals surface area contributed by atoms with Crippen molar-refractivity contribution in [2.75, 3.05) is 13.2 Å². The second kappa shape index (κ2) is 13.1. The molecule has 0 saturated carbocycles. The van der Waals surface area contributed by atoms with Crippen molar-refractivity contribution < 1.29 is 28.5 Å². The van der Waals surface area contributed by atoms with Gasteiger partial charge in [-0.25, -0.2) is 9.59 Å². The molecule has 0 amide bonds. The van der Waals surface area contributed by atoms with Crippen LogP contribution in [0.4, 0.5) is 9.59 Å². The number of nitrogens with zero attached hydrogens (tertiary/aromatic N) is 1. The van der Waals surface area contributed by atoms with Gasteiger partial charge in [-0.1, -0.05) is 0 Å². The average Bonchev–Trinajstić information content (AvgIpc) is 2.66. The Hall–Kier alpha value is -3.19. The summed E-state index contributed by atoms with van der Waals surface area (Å²) in [7, 11) is 0. The molecule has 1 rings (SSSR count). The molecular formula is C20H22NO6. The number of carbonyl (C=O) groups excluding carboxylic acids is 2. The Morgan fingerprint density at radius 1 is 1.00 bits per heavy atom. The van der Waals surface area contributed by atoms with Crippen molar-refractivity contribution in [3.05, 3.63) is 29.1 Å². The third kappa shape index (κ3) is 9.76. The molecule has 1 aromatic rings. The maximum absolute atomic E-state index is 11.6. The Bertz CT molecular complexity index is 701. The summed E-state index contributed by atoms with van der Waals surface area (Å²) < 4.78 is 19.8. The van der Waals surface area contributed by atoms with E-state index >= 15 is 0 Å². The highest BCUT2D eigenvalue weighted by atomic mass is 16.7. The van der Waals surface area contributed by atoms with Crippen molar-refractivity contribution in [2.24, 2.45) is 0 Å². The maximum atomic E-state index is 11.6. The topological polar surface area (TPSA) is 84.0 Å². The van der Waals surface area contributed by atoms with Crippen molar-refractivity contribution in [1.29, 1.82) is 0 Å². The Morgan fingerprint density at radius 3 is 2.11 bits per heavy atom. The van der Waals surface area contributed by atoms with E-state index in [2.05, 4.69) is 22.9 Å². The molecule has 1 radical (unpaired) electrons. The minimum atomic E-state index is -0.813. The van der Waals surface area contributed by atoms with Crippen molar-refractivity contribution in [3.8, 4) is 24.7 Å². The van der Waals surface area contributed by atoms with Crippen LogP contribution in [0.3, 0.4) is 0 Å². The molecule has 0 fully saturated rings. The molecule has 0 aliphatic heterocycles. The summed E-state index contributed by atoms with van der Waals surface area (Å²) in [4.78, 5) is 27.2. The highest BCUT2D eigenvalue weighted by Crippen LogP contribution is 2.13. The molecule has 0 aliphatic rings. The lowest BCUT2D eigenvalue weighted by molar-refractivity contribution is 0.0437. The van der Waals surface area contributed by atoms with Crippen molar-refractivity contribution >= 4 is 12.3 Å². The van der Waals surface area contributed by atoms with Gasteiger partial charge in [0, 0.05) is 41.9 Å². The highest BCUT2D eigenvalue weighted by molar-refractivity contribution is 5.60. The average molecular weight is 372 g/mol. The van der Waals surface area contributed by atoms with Crippen LogP contribution in [0.5, 0.6) is 0 Å². The summed E-state index contributed by atoms with van der Waals surface area (Å²) in [6.45, 7) is 1.93. The molecule has 0 unspecified atom stereocenters. The Morgan fingerprint density at radius 2 is 1.56 bits per heavy atom. The fraction of sp³-hybridized carbons (Fsp3) is 0.450. The second-order valence-electron chi connectivity index (χ2n) is 5.36. The number of hydrogen-bond donors (Lipinski definition) is 0. The zero-order chi connectivity index (χ0) is 19.9. The van der Waals surface area contributed by atoms with E-state index < -0.39 is 12.3 Å². The van der Waals surface area contributed by atoms with Gasteiger partial charge in [0.2, 0.25) is 0 Å². The van der Waals surface area contributed by atoms with Gasteiger partial charge in [0.25, 0.3) is 0 Å². The van der Waals surface area contributed by atoms with Crippen LogP contribution >= 0.6 is 0 Å². The number of rotatable bonds is 10. The van der Waals surface area contributed by atoms with Crippen molar-refractivity contribution in [1.82, 2.24) is 4.98 Å². The van der Waals surface area contributed by atoms with Gasteiger partial charge >= 0.3 is 12.3 Å². The normalized spacial score (nSPS) is 9.59. The van der Waals surface area contributed by atoms with Crippen LogP contribution in [0.2, 0.25) is 0 Å². The lowest BCUT2D eigenvalue weighted by Crippen LogP contribution is -2.12. The predicted molar refractivity (Wildman–Crippen MR) is 96.2 cm³/mol. The lowest BCUT2D eigenvalue weighted by Gasteiger charge is -2.11. The van der Waals surface area contributed by atoms with Gasteiger partial charge in [-0.2, -0.15) is 0 Å². The summed E-state index contributed by atoms with van der Waals surface area (Å²) in [5, 5.41) is 0. The number of unbranched alkanes of at least 4 members (excludes halogenated alkanes) is 2. The van der Waals surface area contributed by atoms with Gasteiger partial charge < -0.3 is 18.9 Å². The molecule has 0 spiro atoms. The summed E-state index contributed by atoms with van der Waals surface area (Å²) >= 11 is 0. The van der Waals surface area contributed by atoms with Crippen LogP contribution in [-0.4, -0.2) is 30.5 Å². The number of aryl methyl sites for hydroxylation is 1. The second-order valence-corrected chi connectivity index (χ2v) is 5.36. The number of hydrogen-bond acceptors (Lipinski definition) is 7. The van der Waals surface area contributed by atoms with Crippen LogP contribution in [0.25, 0.3) is 0 Å². The summed E-state index contributed by atoms with van der Waals surface area (Å²) in [5.74, 6) is 4.90. The molecule has 143 valence electrons. The molecule has 7 nitrogen and oxygen atoms in total. The molecular weight excluding hydrogens is 350 g/mol. The number of carbonyl (C=O) groups is 2. The maximum Gasteiger partial charge on any atom is 0.508 e. The van der Waals surface area contributed by atoms with Crippen molar-refractivity contribution in [2.45, 2.75) is 45.8 Å². The fourth-order valence-corrected chi connectivity index (χ4v) is 1.85. The molecule has 0 aromatic carbocycles. The zero-order valence-electron chi connectivity index (χ0n) is 15.3. The Kier molecular flexibility index (Phi) is 10.6. The third-order valence-electron chi connectivity index (χ3n) is 3.18. The first-order chi connectivity index (χ1) is 13.1. The monoisotopic (exact) mass is 372 g/mol. The Balaban J connectivity index is 2.47. The molecule has 0 saturated heterocycles. The number of terminal acetylenes is 2. The molecule has 1 aromatic heterocycles. The first-order valence-corrected chi connectivity index (χ1v) is 8.39. The lowest BCUT2D eigenvalue weighted by atomic mass is 10.1. The Labute approximate surface area is 159 Å². The molecule has 0 aliphatic carbocycles. The van der Waals surface area contributed by atoms with E-state index in [0.717, 1.165) is 0 Å². The number of aromatic nitrogens is 1. The smallest absolute Gasteiger partial charge is 0.434 e. The molecule has 1 heterocycles. The van der Waals surface area contributed by atoms with Crippen LogP contribution < -0.4 is 0 Å². The minimum absolute atomic E-state index is 0.0896. The summed E-state index contributed by atoms with van der Waals surface area (Å²) in [5.41, 5.74) is 1.68. The van der Waals surface area contributed by atoms with Crippen molar-refractivity contribution in [3.63, 3.8) is 0 Å². The predicted octanol–water partition coefficient (Wildman–Crippen LogP) is 3.32. The molecule has 27 heavy (non-hydrogen) atoms. The number of ether oxygens (including phenoxy) is 4. The van der Waals surface area contributed by atoms with Gasteiger partial charge in [-0.15, -0.1) is 24.7 Å².